The van der Waals surface area contributed by atoms with Gasteiger partial charge in [0.1, 0.15) is 6.54 Å². The molecule has 2 amide bonds. The Labute approximate surface area is 190 Å². The van der Waals surface area contributed by atoms with Crippen LogP contribution in [0, 0.1) is 23.0 Å². The van der Waals surface area contributed by atoms with Crippen molar-refractivity contribution in [2.24, 2.45) is 5.92 Å². The highest BCUT2D eigenvalue weighted by molar-refractivity contribution is 7.14. The van der Waals surface area contributed by atoms with E-state index < -0.39 is 10.8 Å². The number of thiazole rings is 1. The topological polar surface area (TPSA) is 105 Å². The van der Waals surface area contributed by atoms with Crippen LogP contribution in [-0.4, -0.2) is 39.7 Å². The normalized spacial score (nSPS) is 10.8. The third-order valence-corrected chi connectivity index (χ3v) is 5.44. The quantitative estimate of drug-likeness (QED) is 0.392. The van der Waals surface area contributed by atoms with Gasteiger partial charge in [-0.1, -0.05) is 50.2 Å². The Morgan fingerprint density at radius 1 is 1.19 bits per heavy atom. The van der Waals surface area contributed by atoms with Gasteiger partial charge in [-0.25, -0.2) is 4.98 Å². The van der Waals surface area contributed by atoms with E-state index in [1.54, 1.807) is 19.1 Å². The number of aromatic nitrogens is 1. The van der Waals surface area contributed by atoms with Gasteiger partial charge in [-0.2, -0.15) is 0 Å². The van der Waals surface area contributed by atoms with Gasteiger partial charge in [-0.3, -0.25) is 19.7 Å². The molecule has 1 heterocycles. The van der Waals surface area contributed by atoms with Crippen LogP contribution in [0.3, 0.4) is 0 Å². The van der Waals surface area contributed by atoms with Crippen molar-refractivity contribution < 1.29 is 14.5 Å². The predicted octanol–water partition coefficient (Wildman–Crippen LogP) is 4.76. The minimum Gasteiger partial charge on any atom is -0.329 e. The number of hydrogen-bond acceptors (Lipinski definition) is 6. The molecule has 0 saturated heterocycles. The average Bonchev–Trinajstić information content (AvgIpc) is 3.21. The number of hydrogen-bond donors (Lipinski definition) is 1. The van der Waals surface area contributed by atoms with Gasteiger partial charge in [0.2, 0.25) is 5.91 Å². The average molecular weight is 453 g/mol. The van der Waals surface area contributed by atoms with Crippen molar-refractivity contribution in [2.45, 2.75) is 20.8 Å². The molecule has 0 aliphatic rings. The fraction of sp³-hybridized carbons (Fsp3) is 0.261. The summed E-state index contributed by atoms with van der Waals surface area (Å²) < 4.78 is 0. The van der Waals surface area contributed by atoms with E-state index in [9.17, 15) is 19.7 Å². The maximum absolute atomic E-state index is 13.1. The summed E-state index contributed by atoms with van der Waals surface area (Å²) >= 11 is 1.30. The highest BCUT2D eigenvalue weighted by atomic mass is 32.1. The first-order valence-corrected chi connectivity index (χ1v) is 11.0. The van der Waals surface area contributed by atoms with E-state index in [-0.39, 0.29) is 29.6 Å². The number of nitrogens with one attached hydrogen (secondary N) is 1. The van der Waals surface area contributed by atoms with Crippen LogP contribution in [0.4, 0.5) is 10.8 Å². The molecule has 32 heavy (non-hydrogen) atoms. The number of carbonyl (C=O) groups excluding carboxylic acids is 2. The predicted molar refractivity (Wildman–Crippen MR) is 125 cm³/mol. The fourth-order valence-corrected chi connectivity index (χ4v) is 3.92. The highest BCUT2D eigenvalue weighted by Crippen LogP contribution is 2.25. The first-order chi connectivity index (χ1) is 15.2. The van der Waals surface area contributed by atoms with Crippen LogP contribution in [0.15, 0.2) is 53.9 Å². The van der Waals surface area contributed by atoms with Crippen molar-refractivity contribution >= 4 is 34.0 Å². The number of anilines is 1. The summed E-state index contributed by atoms with van der Waals surface area (Å²) in [6, 6.07) is 14.0. The SMILES string of the molecule is Cc1ccc(C(=O)N(CC(=O)Nc2nc(-c3ccccc3)cs2)CC(C)C)cc1[N+](=O)[O-]. The monoisotopic (exact) mass is 452 g/mol. The Morgan fingerprint density at radius 2 is 1.91 bits per heavy atom. The van der Waals surface area contributed by atoms with Crippen LogP contribution in [0.25, 0.3) is 11.3 Å². The third kappa shape index (κ3) is 5.76. The fourth-order valence-electron chi connectivity index (χ4n) is 3.19. The molecule has 0 saturated carbocycles. The van der Waals surface area contributed by atoms with Crippen LogP contribution >= 0.6 is 11.3 Å². The molecular weight excluding hydrogens is 428 g/mol. The zero-order chi connectivity index (χ0) is 23.3. The summed E-state index contributed by atoms with van der Waals surface area (Å²) in [6.45, 7) is 5.63. The van der Waals surface area contributed by atoms with E-state index in [1.165, 1.54) is 22.3 Å². The molecule has 0 aliphatic carbocycles. The maximum atomic E-state index is 13.1. The second-order valence-electron chi connectivity index (χ2n) is 7.79. The van der Waals surface area contributed by atoms with Gasteiger partial charge in [0.15, 0.2) is 5.13 Å². The Morgan fingerprint density at radius 3 is 2.56 bits per heavy atom. The lowest BCUT2D eigenvalue weighted by Gasteiger charge is -2.24. The minimum atomic E-state index is -0.515. The zero-order valence-corrected chi connectivity index (χ0v) is 18.9. The van der Waals surface area contributed by atoms with Crippen molar-refractivity contribution in [3.05, 3.63) is 75.2 Å². The highest BCUT2D eigenvalue weighted by Gasteiger charge is 2.23. The Bertz CT molecular complexity index is 1130. The number of nitro benzene ring substituents is 1. The lowest BCUT2D eigenvalue weighted by molar-refractivity contribution is -0.385. The molecule has 0 spiro atoms. The summed E-state index contributed by atoms with van der Waals surface area (Å²) in [6.07, 6.45) is 0. The molecule has 1 aromatic heterocycles. The third-order valence-electron chi connectivity index (χ3n) is 4.68. The molecule has 3 rings (SSSR count). The number of amides is 2. The van der Waals surface area contributed by atoms with Gasteiger partial charge in [-0.15, -0.1) is 11.3 Å². The van der Waals surface area contributed by atoms with Crippen molar-refractivity contribution in [3.63, 3.8) is 0 Å². The molecule has 0 bridgehead atoms. The van der Waals surface area contributed by atoms with E-state index in [1.807, 2.05) is 49.6 Å². The molecule has 0 fully saturated rings. The molecule has 9 heteroatoms. The van der Waals surface area contributed by atoms with Crippen LogP contribution in [0.5, 0.6) is 0 Å². The van der Waals surface area contributed by atoms with Crippen molar-refractivity contribution in [2.75, 3.05) is 18.4 Å². The molecule has 3 aromatic rings. The Kier molecular flexibility index (Phi) is 7.32. The lowest BCUT2D eigenvalue weighted by Crippen LogP contribution is -2.40. The summed E-state index contributed by atoms with van der Waals surface area (Å²) in [4.78, 5) is 42.3. The number of nitrogens with zero attached hydrogens (tertiary/aromatic N) is 3. The number of nitro groups is 1. The minimum absolute atomic E-state index is 0.108. The smallest absolute Gasteiger partial charge is 0.273 e. The van der Waals surface area contributed by atoms with E-state index >= 15 is 0 Å². The zero-order valence-electron chi connectivity index (χ0n) is 18.1. The summed E-state index contributed by atoms with van der Waals surface area (Å²) in [7, 11) is 0. The number of rotatable bonds is 8. The van der Waals surface area contributed by atoms with Crippen LogP contribution < -0.4 is 5.32 Å². The van der Waals surface area contributed by atoms with Gasteiger partial charge < -0.3 is 10.2 Å². The first kappa shape index (κ1) is 23.1. The van der Waals surface area contributed by atoms with E-state index in [0.717, 1.165) is 11.3 Å². The summed E-state index contributed by atoms with van der Waals surface area (Å²) in [5.41, 5.74) is 2.23. The van der Waals surface area contributed by atoms with Crippen molar-refractivity contribution in [3.8, 4) is 11.3 Å². The van der Waals surface area contributed by atoms with Gasteiger partial charge >= 0.3 is 0 Å². The Hall–Kier alpha value is -3.59. The molecular formula is C23H24N4O4S. The van der Waals surface area contributed by atoms with Gasteiger partial charge in [0, 0.05) is 34.7 Å². The molecule has 2 aromatic carbocycles. The van der Waals surface area contributed by atoms with Gasteiger partial charge in [-0.05, 0) is 18.9 Å². The van der Waals surface area contributed by atoms with E-state index in [4.69, 9.17) is 0 Å². The summed E-state index contributed by atoms with van der Waals surface area (Å²) in [5.74, 6) is -0.702. The van der Waals surface area contributed by atoms with E-state index in [0.29, 0.717) is 17.2 Å². The number of carbonyl (C=O) groups is 2. The van der Waals surface area contributed by atoms with E-state index in [2.05, 4.69) is 10.3 Å². The van der Waals surface area contributed by atoms with Crippen molar-refractivity contribution in [1.29, 1.82) is 0 Å². The molecule has 0 radical (unpaired) electrons. The first-order valence-electron chi connectivity index (χ1n) is 10.1. The summed E-state index contributed by atoms with van der Waals surface area (Å²) in [5, 5.41) is 16.3. The molecule has 0 atom stereocenters. The second kappa shape index (κ2) is 10.1. The molecule has 0 aliphatic heterocycles. The second-order valence-corrected chi connectivity index (χ2v) is 8.65. The van der Waals surface area contributed by atoms with Crippen LogP contribution in [0.2, 0.25) is 0 Å². The largest absolute Gasteiger partial charge is 0.329 e. The lowest BCUT2D eigenvalue weighted by atomic mass is 10.1. The molecule has 166 valence electrons. The maximum Gasteiger partial charge on any atom is 0.273 e. The van der Waals surface area contributed by atoms with Gasteiger partial charge in [0.05, 0.1) is 10.6 Å². The Balaban J connectivity index is 1.73. The van der Waals surface area contributed by atoms with Crippen molar-refractivity contribution in [1.82, 2.24) is 9.88 Å². The molecule has 8 nitrogen and oxygen atoms in total. The van der Waals surface area contributed by atoms with Crippen LogP contribution in [0.1, 0.15) is 29.8 Å². The van der Waals surface area contributed by atoms with Crippen LogP contribution in [-0.2, 0) is 4.79 Å². The number of benzene rings is 2. The number of aryl methyl sites for hydroxylation is 1. The van der Waals surface area contributed by atoms with Gasteiger partial charge in [0.25, 0.3) is 11.6 Å². The standard InChI is InChI=1S/C23H24N4O4S/c1-15(2)12-26(22(29)18-10-9-16(3)20(11-18)27(30)31)13-21(28)25-23-24-19(14-32-23)17-7-5-4-6-8-17/h4-11,14-15H,12-13H2,1-3H3,(H,24,25,28). The molecule has 0 unspecified atom stereocenters. The molecule has 1 N–H and O–H groups in total.